The van der Waals surface area contributed by atoms with Crippen LogP contribution < -0.4 is 19.1 Å². The van der Waals surface area contributed by atoms with Crippen LogP contribution in [0.5, 0.6) is 11.5 Å². The molecule has 2 aromatic carbocycles. The van der Waals surface area contributed by atoms with E-state index in [1.54, 1.807) is 13.0 Å². The van der Waals surface area contributed by atoms with Crippen molar-refractivity contribution in [2.45, 2.75) is 45.8 Å². The molecule has 0 radical (unpaired) electrons. The first-order chi connectivity index (χ1) is 16.5. The molecule has 2 aromatic rings. The van der Waals surface area contributed by atoms with E-state index in [1.165, 1.54) is 41.3 Å². The first kappa shape index (κ1) is 26.3. The van der Waals surface area contributed by atoms with Crippen LogP contribution in [0.25, 0.3) is 0 Å². The summed E-state index contributed by atoms with van der Waals surface area (Å²) in [6, 6.07) is 9.12. The highest BCUT2D eigenvalue weighted by atomic mass is 32.2. The third-order valence-electron chi connectivity index (χ3n) is 5.76. The zero-order valence-corrected chi connectivity index (χ0v) is 21.0. The molecule has 0 aliphatic carbocycles. The van der Waals surface area contributed by atoms with Gasteiger partial charge >= 0.3 is 0 Å². The molecule has 2 unspecified atom stereocenters. The molecule has 1 heterocycles. The molecule has 2 amide bonds. The van der Waals surface area contributed by atoms with Crippen molar-refractivity contribution in [3.8, 4) is 11.5 Å². The van der Waals surface area contributed by atoms with Crippen molar-refractivity contribution in [2.75, 3.05) is 23.9 Å². The average Bonchev–Trinajstić information content (AvgIpc) is 3.28. The standard InChI is InChI=1S/C24H30FN3O6S/c1-5-16(2)26-24(30)17(3)27(13-18-6-8-19(25)9-7-18)23(29)14-28(35(4,31)32)20-10-11-21-22(12-20)34-15-33-21/h6-12,16-17H,5,13-15H2,1-4H3,(H,26,30). The van der Waals surface area contributed by atoms with Gasteiger partial charge in [-0.1, -0.05) is 19.1 Å². The molecule has 11 heteroatoms. The summed E-state index contributed by atoms with van der Waals surface area (Å²) < 4.78 is 50.2. The topological polar surface area (TPSA) is 105 Å². The highest BCUT2D eigenvalue weighted by Gasteiger charge is 2.31. The number of carbonyl (C=O) groups excluding carboxylic acids is 2. The summed E-state index contributed by atoms with van der Waals surface area (Å²) in [5.41, 5.74) is 0.820. The molecule has 190 valence electrons. The summed E-state index contributed by atoms with van der Waals surface area (Å²) in [6.07, 6.45) is 1.70. The number of halogens is 1. The molecular formula is C24H30FN3O6S. The minimum absolute atomic E-state index is 0.00700. The van der Waals surface area contributed by atoms with Gasteiger partial charge < -0.3 is 19.7 Å². The van der Waals surface area contributed by atoms with E-state index in [0.29, 0.717) is 23.5 Å². The van der Waals surface area contributed by atoms with Crippen LogP contribution in [0, 0.1) is 5.82 Å². The summed E-state index contributed by atoms with van der Waals surface area (Å²) in [5.74, 6) is -0.553. The second-order valence-corrected chi connectivity index (χ2v) is 10.4. The van der Waals surface area contributed by atoms with Crippen LogP contribution in [0.4, 0.5) is 10.1 Å². The van der Waals surface area contributed by atoms with E-state index >= 15 is 0 Å². The molecule has 1 N–H and O–H groups in total. The number of sulfonamides is 1. The van der Waals surface area contributed by atoms with Crippen LogP contribution in [0.15, 0.2) is 42.5 Å². The molecule has 35 heavy (non-hydrogen) atoms. The van der Waals surface area contributed by atoms with E-state index in [0.717, 1.165) is 10.6 Å². The monoisotopic (exact) mass is 507 g/mol. The Hall–Kier alpha value is -3.34. The van der Waals surface area contributed by atoms with E-state index in [9.17, 15) is 22.4 Å². The second-order valence-electron chi connectivity index (χ2n) is 8.45. The summed E-state index contributed by atoms with van der Waals surface area (Å²) >= 11 is 0. The predicted octanol–water partition coefficient (Wildman–Crippen LogP) is 2.65. The Kier molecular flexibility index (Phi) is 8.21. The van der Waals surface area contributed by atoms with E-state index in [1.807, 2.05) is 13.8 Å². The zero-order valence-electron chi connectivity index (χ0n) is 20.2. The molecule has 0 saturated carbocycles. The number of rotatable bonds is 10. The Bertz CT molecular complexity index is 1170. The first-order valence-electron chi connectivity index (χ1n) is 11.2. The van der Waals surface area contributed by atoms with Gasteiger partial charge in [0.1, 0.15) is 18.4 Å². The maximum absolute atomic E-state index is 13.5. The van der Waals surface area contributed by atoms with Gasteiger partial charge in [0.15, 0.2) is 11.5 Å². The van der Waals surface area contributed by atoms with Crippen molar-refractivity contribution in [1.82, 2.24) is 10.2 Å². The molecule has 9 nitrogen and oxygen atoms in total. The summed E-state index contributed by atoms with van der Waals surface area (Å²) in [6.45, 7) is 4.82. The Morgan fingerprint density at radius 1 is 1.09 bits per heavy atom. The van der Waals surface area contributed by atoms with E-state index in [2.05, 4.69) is 5.32 Å². The molecule has 1 aliphatic rings. The fourth-order valence-corrected chi connectivity index (χ4v) is 4.33. The summed E-state index contributed by atoms with van der Waals surface area (Å²) in [5, 5.41) is 2.85. The van der Waals surface area contributed by atoms with Crippen molar-refractivity contribution in [2.24, 2.45) is 0 Å². The van der Waals surface area contributed by atoms with Gasteiger partial charge in [-0.05, 0) is 50.1 Å². The SMILES string of the molecule is CCC(C)NC(=O)C(C)N(Cc1ccc(F)cc1)C(=O)CN(c1ccc2c(c1)OCO2)S(C)(=O)=O. The van der Waals surface area contributed by atoms with Crippen molar-refractivity contribution >= 4 is 27.5 Å². The Balaban J connectivity index is 1.90. The number of carbonyl (C=O) groups is 2. The smallest absolute Gasteiger partial charge is 0.244 e. The van der Waals surface area contributed by atoms with Crippen LogP contribution in [0.3, 0.4) is 0 Å². The average molecular weight is 508 g/mol. The number of hydrogen-bond donors (Lipinski definition) is 1. The third kappa shape index (κ3) is 6.62. The van der Waals surface area contributed by atoms with E-state index in [4.69, 9.17) is 9.47 Å². The Labute approximate surface area is 204 Å². The van der Waals surface area contributed by atoms with Crippen molar-refractivity contribution in [3.05, 3.63) is 53.8 Å². The van der Waals surface area contributed by atoms with Gasteiger partial charge in [-0.15, -0.1) is 0 Å². The molecule has 2 atom stereocenters. The molecule has 1 aliphatic heterocycles. The van der Waals surface area contributed by atoms with Gasteiger partial charge in [-0.2, -0.15) is 0 Å². The maximum Gasteiger partial charge on any atom is 0.244 e. The number of benzene rings is 2. The Morgan fingerprint density at radius 2 is 1.74 bits per heavy atom. The van der Waals surface area contributed by atoms with Gasteiger partial charge in [0, 0.05) is 18.7 Å². The molecule has 0 bridgehead atoms. The predicted molar refractivity (Wildman–Crippen MR) is 129 cm³/mol. The van der Waals surface area contributed by atoms with Gasteiger partial charge in [-0.3, -0.25) is 13.9 Å². The van der Waals surface area contributed by atoms with Crippen LogP contribution in [0.1, 0.15) is 32.8 Å². The van der Waals surface area contributed by atoms with Gasteiger partial charge in [-0.25, -0.2) is 12.8 Å². The number of nitrogens with one attached hydrogen (secondary N) is 1. The van der Waals surface area contributed by atoms with E-state index < -0.39 is 34.3 Å². The van der Waals surface area contributed by atoms with Crippen LogP contribution in [-0.4, -0.2) is 56.8 Å². The van der Waals surface area contributed by atoms with Crippen molar-refractivity contribution < 1.29 is 31.9 Å². The normalized spacial score (nSPS) is 14.2. The van der Waals surface area contributed by atoms with Crippen LogP contribution in [0.2, 0.25) is 0 Å². The van der Waals surface area contributed by atoms with Crippen LogP contribution in [-0.2, 0) is 26.2 Å². The Morgan fingerprint density at radius 3 is 2.37 bits per heavy atom. The number of ether oxygens (including phenoxy) is 2. The molecule has 0 aromatic heterocycles. The van der Waals surface area contributed by atoms with Crippen molar-refractivity contribution in [1.29, 1.82) is 0 Å². The molecule has 0 spiro atoms. The number of anilines is 1. The lowest BCUT2D eigenvalue weighted by Crippen LogP contribution is -2.52. The molecule has 0 fully saturated rings. The largest absolute Gasteiger partial charge is 0.454 e. The lowest BCUT2D eigenvalue weighted by molar-refractivity contribution is -0.139. The fourth-order valence-electron chi connectivity index (χ4n) is 3.49. The zero-order chi connectivity index (χ0) is 25.8. The minimum Gasteiger partial charge on any atom is -0.454 e. The fraction of sp³-hybridized carbons (Fsp3) is 0.417. The molecule has 3 rings (SSSR count). The molecular weight excluding hydrogens is 477 g/mol. The summed E-state index contributed by atoms with van der Waals surface area (Å²) in [4.78, 5) is 27.6. The highest BCUT2D eigenvalue weighted by molar-refractivity contribution is 7.92. The molecule has 0 saturated heterocycles. The minimum atomic E-state index is -3.87. The second kappa shape index (κ2) is 10.9. The number of fused-ring (bicyclic) bond motifs is 1. The van der Waals surface area contributed by atoms with Gasteiger partial charge in [0.05, 0.1) is 11.9 Å². The van der Waals surface area contributed by atoms with Gasteiger partial charge in [0.2, 0.25) is 28.6 Å². The highest BCUT2D eigenvalue weighted by Crippen LogP contribution is 2.36. The third-order valence-corrected chi connectivity index (χ3v) is 6.90. The lowest BCUT2D eigenvalue weighted by Gasteiger charge is -2.32. The van der Waals surface area contributed by atoms with Gasteiger partial charge in [0.25, 0.3) is 0 Å². The quantitative estimate of drug-likeness (QED) is 0.530. The lowest BCUT2D eigenvalue weighted by atomic mass is 10.1. The van der Waals surface area contributed by atoms with E-state index in [-0.39, 0.29) is 31.0 Å². The van der Waals surface area contributed by atoms with Crippen molar-refractivity contribution in [3.63, 3.8) is 0 Å². The number of amides is 2. The van der Waals surface area contributed by atoms with Crippen LogP contribution >= 0.6 is 0 Å². The number of nitrogens with zero attached hydrogens (tertiary/aromatic N) is 2. The first-order valence-corrected chi connectivity index (χ1v) is 13.1. The maximum atomic E-state index is 13.5. The number of hydrogen-bond acceptors (Lipinski definition) is 6. The summed E-state index contributed by atoms with van der Waals surface area (Å²) in [7, 11) is -3.87.